The van der Waals surface area contributed by atoms with Crippen molar-refractivity contribution in [1.82, 2.24) is 0 Å². The Labute approximate surface area is 125 Å². The smallest absolute Gasteiger partial charge is 0.347 e. The number of hydrogen-bond acceptors (Lipinski definition) is 3. The number of rotatable bonds is 3. The lowest BCUT2D eigenvalue weighted by Crippen LogP contribution is -2.12. The van der Waals surface area contributed by atoms with Crippen LogP contribution >= 0.6 is 0 Å². The van der Waals surface area contributed by atoms with Crippen molar-refractivity contribution < 1.29 is 14.6 Å². The Bertz CT molecular complexity index is 672. The number of carbonyl (C=O) groups is 1. The highest BCUT2D eigenvalue weighted by Crippen LogP contribution is 2.33. The van der Waals surface area contributed by atoms with Gasteiger partial charge >= 0.3 is 5.97 Å². The second kappa shape index (κ2) is 6.00. The molecule has 0 amide bonds. The molecule has 0 aliphatic heterocycles. The summed E-state index contributed by atoms with van der Waals surface area (Å²) in [5.41, 5.74) is 3.18. The lowest BCUT2D eigenvalue weighted by atomic mass is 9.96. The maximum absolute atomic E-state index is 12.3. The Hall–Kier alpha value is -2.29. The summed E-state index contributed by atoms with van der Waals surface area (Å²) in [6, 6.07) is 10.4. The normalized spacial score (nSPS) is 10.7. The minimum Gasteiger partial charge on any atom is -0.507 e. The number of benzene rings is 2. The number of phenolic OH excluding ortho intramolecular Hbond substituents is 1. The topological polar surface area (TPSA) is 46.5 Å². The molecule has 0 fully saturated rings. The molecule has 3 nitrogen and oxygen atoms in total. The van der Waals surface area contributed by atoms with Gasteiger partial charge in [0.15, 0.2) is 0 Å². The van der Waals surface area contributed by atoms with Gasteiger partial charge in [-0.05, 0) is 48.6 Å². The molecule has 0 radical (unpaired) electrons. The van der Waals surface area contributed by atoms with E-state index >= 15 is 0 Å². The molecule has 0 saturated carbocycles. The van der Waals surface area contributed by atoms with Crippen LogP contribution in [0, 0.1) is 13.8 Å². The molecular weight excluding hydrogens is 264 g/mol. The third kappa shape index (κ3) is 3.07. The number of phenols is 1. The Balaban J connectivity index is 2.42. The fourth-order valence-electron chi connectivity index (χ4n) is 2.20. The summed E-state index contributed by atoms with van der Waals surface area (Å²) in [4.78, 5) is 12.3. The van der Waals surface area contributed by atoms with Crippen LogP contribution < -0.4 is 4.74 Å². The van der Waals surface area contributed by atoms with Gasteiger partial charge in [0.1, 0.15) is 17.1 Å². The van der Waals surface area contributed by atoms with Crippen molar-refractivity contribution in [2.45, 2.75) is 33.6 Å². The molecule has 21 heavy (non-hydrogen) atoms. The molecule has 0 aromatic heterocycles. The number of esters is 1. The highest BCUT2D eigenvalue weighted by Gasteiger charge is 2.18. The van der Waals surface area contributed by atoms with Gasteiger partial charge in [-0.25, -0.2) is 4.79 Å². The van der Waals surface area contributed by atoms with Crippen molar-refractivity contribution in [3.63, 3.8) is 0 Å². The van der Waals surface area contributed by atoms with Crippen molar-refractivity contribution in [3.05, 3.63) is 58.7 Å². The summed E-state index contributed by atoms with van der Waals surface area (Å²) in [6.07, 6.45) is 0. The first-order chi connectivity index (χ1) is 9.91. The van der Waals surface area contributed by atoms with Gasteiger partial charge in [0.25, 0.3) is 0 Å². The first-order valence-electron chi connectivity index (χ1n) is 7.02. The Kier molecular flexibility index (Phi) is 4.32. The van der Waals surface area contributed by atoms with E-state index in [1.807, 2.05) is 26.0 Å². The van der Waals surface area contributed by atoms with Crippen molar-refractivity contribution in [2.24, 2.45) is 0 Å². The van der Waals surface area contributed by atoms with Crippen LogP contribution in [0.25, 0.3) is 0 Å². The standard InChI is InChI=1S/C18H20O3/c1-11(2)14-10-9-12(3)13(4)17(14)21-18(20)15-7-5-6-8-16(15)19/h5-11,19H,1-4H3. The summed E-state index contributed by atoms with van der Waals surface area (Å²) in [7, 11) is 0. The predicted octanol–water partition coefficient (Wildman–Crippen LogP) is 4.35. The second-order valence-electron chi connectivity index (χ2n) is 5.49. The fourth-order valence-corrected chi connectivity index (χ4v) is 2.20. The van der Waals surface area contributed by atoms with Crippen LogP contribution in [0.15, 0.2) is 36.4 Å². The van der Waals surface area contributed by atoms with Gasteiger partial charge < -0.3 is 9.84 Å². The first-order valence-corrected chi connectivity index (χ1v) is 7.02. The quantitative estimate of drug-likeness (QED) is 0.673. The Morgan fingerprint density at radius 2 is 1.76 bits per heavy atom. The van der Waals surface area contributed by atoms with Crippen molar-refractivity contribution in [3.8, 4) is 11.5 Å². The Morgan fingerprint density at radius 3 is 2.38 bits per heavy atom. The molecule has 0 bridgehead atoms. The van der Waals surface area contributed by atoms with Crippen LogP contribution in [0.4, 0.5) is 0 Å². The van der Waals surface area contributed by atoms with Gasteiger partial charge in [-0.2, -0.15) is 0 Å². The van der Waals surface area contributed by atoms with E-state index in [2.05, 4.69) is 13.8 Å². The summed E-state index contributed by atoms with van der Waals surface area (Å²) in [5.74, 6) is 0.234. The SMILES string of the molecule is Cc1ccc(C(C)C)c(OC(=O)c2ccccc2O)c1C. The lowest BCUT2D eigenvalue weighted by Gasteiger charge is -2.17. The average Bonchev–Trinajstić information content (AvgIpc) is 2.44. The van der Waals surface area contributed by atoms with Crippen LogP contribution in [0.5, 0.6) is 11.5 Å². The molecule has 2 rings (SSSR count). The molecular formula is C18H20O3. The van der Waals surface area contributed by atoms with Gasteiger partial charge in [-0.15, -0.1) is 0 Å². The highest BCUT2D eigenvalue weighted by molar-refractivity contribution is 5.94. The minimum atomic E-state index is -0.538. The van der Waals surface area contributed by atoms with Crippen LogP contribution in [-0.4, -0.2) is 11.1 Å². The molecule has 0 atom stereocenters. The predicted molar refractivity (Wildman–Crippen MR) is 83.1 cm³/mol. The number of aryl methyl sites for hydroxylation is 1. The number of ether oxygens (including phenoxy) is 1. The first kappa shape index (κ1) is 15.1. The molecule has 0 aliphatic rings. The van der Waals surface area contributed by atoms with Gasteiger partial charge in [0.05, 0.1) is 0 Å². The van der Waals surface area contributed by atoms with Crippen LogP contribution in [0.2, 0.25) is 0 Å². The van der Waals surface area contributed by atoms with E-state index in [1.165, 1.54) is 6.07 Å². The summed E-state index contributed by atoms with van der Waals surface area (Å²) >= 11 is 0. The van der Waals surface area contributed by atoms with Gasteiger partial charge in [-0.3, -0.25) is 0 Å². The summed E-state index contributed by atoms with van der Waals surface area (Å²) in [5, 5.41) is 9.76. The van der Waals surface area contributed by atoms with E-state index < -0.39 is 5.97 Å². The monoisotopic (exact) mass is 284 g/mol. The van der Waals surface area contributed by atoms with Crippen molar-refractivity contribution in [1.29, 1.82) is 0 Å². The highest BCUT2D eigenvalue weighted by atomic mass is 16.5. The molecule has 0 aliphatic carbocycles. The van der Waals surface area contributed by atoms with Crippen LogP contribution in [-0.2, 0) is 0 Å². The van der Waals surface area contributed by atoms with Crippen LogP contribution in [0.1, 0.15) is 46.8 Å². The van der Waals surface area contributed by atoms with E-state index in [0.717, 1.165) is 16.7 Å². The summed E-state index contributed by atoms with van der Waals surface area (Å²) < 4.78 is 5.59. The molecule has 1 N–H and O–H groups in total. The Morgan fingerprint density at radius 1 is 1.10 bits per heavy atom. The zero-order valence-corrected chi connectivity index (χ0v) is 12.8. The molecule has 0 spiro atoms. The molecule has 0 saturated heterocycles. The fraction of sp³-hybridized carbons (Fsp3) is 0.278. The largest absolute Gasteiger partial charge is 0.507 e. The van der Waals surface area contributed by atoms with Crippen molar-refractivity contribution in [2.75, 3.05) is 0 Å². The number of para-hydroxylation sites is 1. The van der Waals surface area contributed by atoms with Gasteiger partial charge in [-0.1, -0.05) is 38.1 Å². The van der Waals surface area contributed by atoms with E-state index in [1.54, 1.807) is 18.2 Å². The third-order valence-electron chi connectivity index (χ3n) is 3.65. The minimum absolute atomic E-state index is 0.0705. The zero-order valence-electron chi connectivity index (χ0n) is 12.8. The van der Waals surface area contributed by atoms with Gasteiger partial charge in [0, 0.05) is 0 Å². The van der Waals surface area contributed by atoms with Crippen molar-refractivity contribution >= 4 is 5.97 Å². The molecule has 2 aromatic rings. The second-order valence-corrected chi connectivity index (χ2v) is 5.49. The van der Waals surface area contributed by atoms with E-state index in [4.69, 9.17) is 4.74 Å². The molecule has 0 unspecified atom stereocenters. The third-order valence-corrected chi connectivity index (χ3v) is 3.65. The maximum atomic E-state index is 12.3. The number of aromatic hydroxyl groups is 1. The zero-order chi connectivity index (χ0) is 15.6. The van der Waals surface area contributed by atoms with Gasteiger partial charge in [0.2, 0.25) is 0 Å². The van der Waals surface area contributed by atoms with E-state index in [9.17, 15) is 9.90 Å². The van der Waals surface area contributed by atoms with Crippen LogP contribution in [0.3, 0.4) is 0 Å². The average molecular weight is 284 g/mol. The maximum Gasteiger partial charge on any atom is 0.347 e. The molecule has 0 heterocycles. The van der Waals surface area contributed by atoms with E-state index in [-0.39, 0.29) is 17.2 Å². The van der Waals surface area contributed by atoms with E-state index in [0.29, 0.717) is 5.75 Å². The molecule has 110 valence electrons. The molecule has 2 aromatic carbocycles. The number of carbonyl (C=O) groups excluding carboxylic acids is 1. The number of hydrogen-bond donors (Lipinski definition) is 1. The molecule has 3 heteroatoms. The lowest BCUT2D eigenvalue weighted by molar-refractivity contribution is 0.0728. The summed E-state index contributed by atoms with van der Waals surface area (Å²) in [6.45, 7) is 8.04.